The summed E-state index contributed by atoms with van der Waals surface area (Å²) < 4.78 is 0. The lowest BCUT2D eigenvalue weighted by molar-refractivity contribution is -0.121. The van der Waals surface area contributed by atoms with Crippen molar-refractivity contribution in [2.24, 2.45) is 11.7 Å². The highest BCUT2D eigenvalue weighted by Gasteiger charge is 2.07. The minimum Gasteiger partial charge on any atom is -0.369 e. The summed E-state index contributed by atoms with van der Waals surface area (Å²) >= 11 is 0. The van der Waals surface area contributed by atoms with E-state index in [-0.39, 0.29) is 11.8 Å². The van der Waals surface area contributed by atoms with E-state index >= 15 is 0 Å². The lowest BCUT2D eigenvalue weighted by atomic mass is 10.0. The monoisotopic (exact) mass is 114 g/mol. The highest BCUT2D eigenvalue weighted by molar-refractivity contribution is 5.76. The van der Waals surface area contributed by atoms with E-state index in [9.17, 15) is 4.79 Å². The number of hydrogen-bond acceptors (Lipinski definition) is 1. The molecule has 2 heteroatoms. The Hall–Kier alpha value is -0.530. The van der Waals surface area contributed by atoms with Gasteiger partial charge in [0.2, 0.25) is 5.91 Å². The summed E-state index contributed by atoms with van der Waals surface area (Å²) in [7, 11) is 0. The van der Waals surface area contributed by atoms with Gasteiger partial charge in [-0.1, -0.05) is 13.8 Å². The van der Waals surface area contributed by atoms with Gasteiger partial charge in [-0.2, -0.15) is 0 Å². The summed E-state index contributed by atoms with van der Waals surface area (Å²) in [4.78, 5) is 10.3. The van der Waals surface area contributed by atoms with Crippen molar-refractivity contribution in [2.45, 2.75) is 19.8 Å². The molecule has 0 spiro atoms. The summed E-state index contributed by atoms with van der Waals surface area (Å²) in [6.45, 7) is 5.51. The SMILES string of the molecule is [CH2]CC(CC)C(N)=O. The molecule has 0 saturated heterocycles. The van der Waals surface area contributed by atoms with Gasteiger partial charge in [-0.25, -0.2) is 0 Å². The van der Waals surface area contributed by atoms with Gasteiger partial charge >= 0.3 is 0 Å². The predicted molar refractivity (Wildman–Crippen MR) is 32.9 cm³/mol. The molecule has 1 unspecified atom stereocenters. The fourth-order valence-electron chi connectivity index (χ4n) is 0.548. The van der Waals surface area contributed by atoms with Crippen LogP contribution in [-0.4, -0.2) is 5.91 Å². The van der Waals surface area contributed by atoms with Gasteiger partial charge in [0.25, 0.3) is 0 Å². The van der Waals surface area contributed by atoms with E-state index < -0.39 is 0 Å². The molecule has 0 rings (SSSR count). The summed E-state index contributed by atoms with van der Waals surface area (Å²) in [6.07, 6.45) is 1.42. The molecule has 0 aliphatic carbocycles. The molecule has 0 aromatic rings. The molecule has 0 saturated carbocycles. The zero-order valence-corrected chi connectivity index (χ0v) is 5.18. The Balaban J connectivity index is 3.52. The van der Waals surface area contributed by atoms with Crippen molar-refractivity contribution >= 4 is 5.91 Å². The molecule has 8 heavy (non-hydrogen) atoms. The molecule has 0 heterocycles. The van der Waals surface area contributed by atoms with Crippen LogP contribution in [0.1, 0.15) is 19.8 Å². The largest absolute Gasteiger partial charge is 0.369 e. The third-order valence-electron chi connectivity index (χ3n) is 1.24. The molecule has 0 aromatic heterocycles. The van der Waals surface area contributed by atoms with E-state index in [1.807, 2.05) is 6.92 Å². The molecule has 0 aliphatic rings. The first kappa shape index (κ1) is 7.47. The van der Waals surface area contributed by atoms with Gasteiger partial charge in [0.1, 0.15) is 0 Å². The number of nitrogens with two attached hydrogens (primary N) is 1. The lowest BCUT2D eigenvalue weighted by Gasteiger charge is -2.03. The van der Waals surface area contributed by atoms with Crippen LogP contribution in [0, 0.1) is 12.8 Å². The van der Waals surface area contributed by atoms with Crippen LogP contribution in [0.15, 0.2) is 0 Å². The summed E-state index contributed by atoms with van der Waals surface area (Å²) in [5, 5.41) is 0. The van der Waals surface area contributed by atoms with E-state index in [1.54, 1.807) is 0 Å². The van der Waals surface area contributed by atoms with Crippen LogP contribution < -0.4 is 5.73 Å². The quantitative estimate of drug-likeness (QED) is 0.577. The van der Waals surface area contributed by atoms with Crippen molar-refractivity contribution in [3.8, 4) is 0 Å². The third kappa shape index (κ3) is 1.96. The molecule has 0 bridgehead atoms. The number of rotatable bonds is 3. The van der Waals surface area contributed by atoms with Crippen molar-refractivity contribution < 1.29 is 4.79 Å². The standard InChI is InChI=1S/C6H12NO/c1-3-5(4-2)6(7)8/h5H,1,3-4H2,2H3,(H2,7,8). The molecule has 47 valence electrons. The normalized spacial score (nSPS) is 9.88. The maximum atomic E-state index is 10.3. The highest BCUT2D eigenvalue weighted by Crippen LogP contribution is 2.04. The van der Waals surface area contributed by atoms with Crippen molar-refractivity contribution in [3.05, 3.63) is 6.92 Å². The molecule has 0 fully saturated rings. The first-order valence-corrected chi connectivity index (χ1v) is 2.81. The zero-order valence-electron chi connectivity index (χ0n) is 5.18. The van der Waals surface area contributed by atoms with E-state index in [0.29, 0.717) is 6.42 Å². The van der Waals surface area contributed by atoms with Gasteiger partial charge < -0.3 is 5.73 Å². The molecule has 2 nitrogen and oxygen atoms in total. The van der Waals surface area contributed by atoms with Crippen LogP contribution in [-0.2, 0) is 4.79 Å². The van der Waals surface area contributed by atoms with Crippen molar-refractivity contribution in [1.82, 2.24) is 0 Å². The fraction of sp³-hybridized carbons (Fsp3) is 0.667. The van der Waals surface area contributed by atoms with E-state index in [1.165, 1.54) is 0 Å². The lowest BCUT2D eigenvalue weighted by Crippen LogP contribution is -2.21. The molecule has 1 amide bonds. The number of primary amides is 1. The Morgan fingerprint density at radius 1 is 1.88 bits per heavy atom. The zero-order chi connectivity index (χ0) is 6.57. The first-order valence-electron chi connectivity index (χ1n) is 2.81. The smallest absolute Gasteiger partial charge is 0.220 e. The molecule has 2 N–H and O–H groups in total. The van der Waals surface area contributed by atoms with Crippen LogP contribution in [0.4, 0.5) is 0 Å². The summed E-state index contributed by atoms with van der Waals surface area (Å²) in [5.41, 5.74) is 4.98. The summed E-state index contributed by atoms with van der Waals surface area (Å²) in [5.74, 6) is -0.252. The van der Waals surface area contributed by atoms with Crippen LogP contribution >= 0.6 is 0 Å². The Kier molecular flexibility index (Phi) is 3.24. The van der Waals surface area contributed by atoms with Crippen LogP contribution in [0.25, 0.3) is 0 Å². The predicted octanol–water partition coefficient (Wildman–Crippen LogP) is 0.722. The van der Waals surface area contributed by atoms with E-state index in [4.69, 9.17) is 5.73 Å². The molecule has 1 atom stereocenters. The number of carbonyl (C=O) groups excluding carboxylic acids is 1. The molecule has 1 radical (unpaired) electrons. The van der Waals surface area contributed by atoms with Gasteiger partial charge in [-0.15, -0.1) is 0 Å². The second kappa shape index (κ2) is 3.47. The topological polar surface area (TPSA) is 43.1 Å². The first-order chi connectivity index (χ1) is 3.72. The van der Waals surface area contributed by atoms with Crippen LogP contribution in [0.5, 0.6) is 0 Å². The second-order valence-electron chi connectivity index (χ2n) is 1.80. The van der Waals surface area contributed by atoms with Gasteiger partial charge in [0.15, 0.2) is 0 Å². The van der Waals surface area contributed by atoms with Gasteiger partial charge in [-0.3, -0.25) is 4.79 Å². The Morgan fingerprint density at radius 2 is 2.38 bits per heavy atom. The number of amides is 1. The molecule has 0 aromatic carbocycles. The second-order valence-corrected chi connectivity index (χ2v) is 1.80. The minimum atomic E-state index is -0.234. The van der Waals surface area contributed by atoms with Gasteiger partial charge in [-0.05, 0) is 12.8 Å². The Bertz CT molecular complexity index is 76.6. The molecular weight excluding hydrogens is 102 g/mol. The van der Waals surface area contributed by atoms with Crippen LogP contribution in [0.2, 0.25) is 0 Å². The highest BCUT2D eigenvalue weighted by atomic mass is 16.1. The Morgan fingerprint density at radius 3 is 2.38 bits per heavy atom. The van der Waals surface area contributed by atoms with Gasteiger partial charge in [0.05, 0.1) is 0 Å². The maximum Gasteiger partial charge on any atom is 0.220 e. The molecular formula is C6H12NO. The third-order valence-corrected chi connectivity index (χ3v) is 1.24. The van der Waals surface area contributed by atoms with Crippen molar-refractivity contribution in [2.75, 3.05) is 0 Å². The van der Waals surface area contributed by atoms with Crippen molar-refractivity contribution in [1.29, 1.82) is 0 Å². The van der Waals surface area contributed by atoms with Crippen molar-refractivity contribution in [3.63, 3.8) is 0 Å². The summed E-state index contributed by atoms with van der Waals surface area (Å²) in [6, 6.07) is 0. The Labute approximate surface area is 50.1 Å². The number of carbonyl (C=O) groups is 1. The average Bonchev–Trinajstić information content (AvgIpc) is 1.69. The molecule has 0 aliphatic heterocycles. The van der Waals surface area contributed by atoms with E-state index in [0.717, 1.165) is 6.42 Å². The van der Waals surface area contributed by atoms with Crippen LogP contribution in [0.3, 0.4) is 0 Å². The minimum absolute atomic E-state index is 0.0185. The van der Waals surface area contributed by atoms with E-state index in [2.05, 4.69) is 6.92 Å². The average molecular weight is 114 g/mol. The fourth-order valence-corrected chi connectivity index (χ4v) is 0.548. The number of hydrogen-bond donors (Lipinski definition) is 1. The maximum absolute atomic E-state index is 10.3. The van der Waals surface area contributed by atoms with Gasteiger partial charge in [0, 0.05) is 5.92 Å².